The molecule has 27 heavy (non-hydrogen) atoms. The summed E-state index contributed by atoms with van der Waals surface area (Å²) >= 11 is 6.32. The van der Waals surface area contributed by atoms with Gasteiger partial charge in [0.2, 0.25) is 17.6 Å². The van der Waals surface area contributed by atoms with Crippen molar-refractivity contribution in [1.82, 2.24) is 19.9 Å². The molecule has 136 valence electrons. The van der Waals surface area contributed by atoms with Crippen molar-refractivity contribution >= 4 is 23.3 Å². The SMILES string of the molecule is O=C(c1cccnc1)c1nc(-c2ccccc2Cl)nc(N2CCOCC2)n1. The number of aromatic nitrogens is 4. The zero-order chi connectivity index (χ0) is 18.6. The van der Waals surface area contributed by atoms with Crippen LogP contribution in [-0.4, -0.2) is 52.0 Å². The molecule has 1 aliphatic rings. The van der Waals surface area contributed by atoms with Gasteiger partial charge in [0.1, 0.15) is 0 Å². The minimum atomic E-state index is -0.312. The molecule has 2 aromatic heterocycles. The summed E-state index contributed by atoms with van der Waals surface area (Å²) in [5.74, 6) is 0.558. The molecule has 7 nitrogen and oxygen atoms in total. The molecule has 0 aliphatic carbocycles. The van der Waals surface area contributed by atoms with Crippen LogP contribution in [0.2, 0.25) is 5.02 Å². The van der Waals surface area contributed by atoms with E-state index < -0.39 is 0 Å². The fraction of sp³-hybridized carbons (Fsp3) is 0.211. The Balaban J connectivity index is 1.81. The van der Waals surface area contributed by atoms with Gasteiger partial charge in [-0.1, -0.05) is 23.7 Å². The molecule has 3 heterocycles. The number of hydrogen-bond donors (Lipinski definition) is 0. The van der Waals surface area contributed by atoms with E-state index in [1.54, 1.807) is 24.4 Å². The summed E-state index contributed by atoms with van der Waals surface area (Å²) in [6.45, 7) is 2.46. The molecule has 0 bridgehead atoms. The summed E-state index contributed by atoms with van der Waals surface area (Å²) in [4.78, 5) is 32.2. The number of anilines is 1. The van der Waals surface area contributed by atoms with Crippen molar-refractivity contribution in [2.24, 2.45) is 0 Å². The molecule has 0 saturated carbocycles. The monoisotopic (exact) mass is 381 g/mol. The molecule has 0 N–H and O–H groups in total. The first-order chi connectivity index (χ1) is 13.2. The summed E-state index contributed by atoms with van der Waals surface area (Å²) in [5, 5.41) is 0.511. The molecule has 0 atom stereocenters. The van der Waals surface area contributed by atoms with Crippen LogP contribution in [0.15, 0.2) is 48.8 Å². The summed E-state index contributed by atoms with van der Waals surface area (Å²) in [5.41, 5.74) is 1.07. The zero-order valence-electron chi connectivity index (χ0n) is 14.4. The van der Waals surface area contributed by atoms with E-state index >= 15 is 0 Å². The molecule has 1 aromatic carbocycles. The highest BCUT2D eigenvalue weighted by Crippen LogP contribution is 2.26. The second-order valence-electron chi connectivity index (χ2n) is 5.93. The van der Waals surface area contributed by atoms with Crippen LogP contribution in [0, 0.1) is 0 Å². The van der Waals surface area contributed by atoms with Gasteiger partial charge in [-0.2, -0.15) is 9.97 Å². The lowest BCUT2D eigenvalue weighted by Crippen LogP contribution is -2.37. The molecular weight excluding hydrogens is 366 g/mol. The van der Waals surface area contributed by atoms with Gasteiger partial charge >= 0.3 is 0 Å². The number of nitrogens with zero attached hydrogens (tertiary/aromatic N) is 5. The van der Waals surface area contributed by atoms with Gasteiger partial charge in [-0.15, -0.1) is 0 Å². The summed E-state index contributed by atoms with van der Waals surface area (Å²) in [6, 6.07) is 10.6. The average Bonchev–Trinajstić information content (AvgIpc) is 2.74. The Hall–Kier alpha value is -2.90. The first-order valence-corrected chi connectivity index (χ1v) is 8.88. The first-order valence-electron chi connectivity index (χ1n) is 8.51. The van der Waals surface area contributed by atoms with E-state index in [0.717, 1.165) is 0 Å². The van der Waals surface area contributed by atoms with Gasteiger partial charge in [0.25, 0.3) is 0 Å². The van der Waals surface area contributed by atoms with Gasteiger partial charge in [0, 0.05) is 36.6 Å². The van der Waals surface area contributed by atoms with Crippen LogP contribution in [0.3, 0.4) is 0 Å². The number of benzene rings is 1. The lowest BCUT2D eigenvalue weighted by molar-refractivity contribution is 0.102. The second-order valence-corrected chi connectivity index (χ2v) is 6.34. The van der Waals surface area contributed by atoms with Gasteiger partial charge in [-0.3, -0.25) is 9.78 Å². The van der Waals surface area contributed by atoms with Gasteiger partial charge in [-0.25, -0.2) is 4.98 Å². The maximum absolute atomic E-state index is 12.9. The number of carbonyl (C=O) groups is 1. The molecule has 1 fully saturated rings. The zero-order valence-corrected chi connectivity index (χ0v) is 15.1. The minimum absolute atomic E-state index is 0.0643. The van der Waals surface area contributed by atoms with E-state index in [-0.39, 0.29) is 11.6 Å². The van der Waals surface area contributed by atoms with Crippen molar-refractivity contribution in [3.05, 3.63) is 65.2 Å². The third kappa shape index (κ3) is 3.79. The third-order valence-electron chi connectivity index (χ3n) is 4.16. The average molecular weight is 382 g/mol. The lowest BCUT2D eigenvalue weighted by Gasteiger charge is -2.27. The fourth-order valence-corrected chi connectivity index (χ4v) is 2.98. The lowest BCUT2D eigenvalue weighted by atomic mass is 10.1. The highest BCUT2D eigenvalue weighted by Gasteiger charge is 2.21. The number of halogens is 1. The largest absolute Gasteiger partial charge is 0.378 e. The number of carbonyl (C=O) groups excluding carboxylic acids is 1. The van der Waals surface area contributed by atoms with Crippen molar-refractivity contribution in [1.29, 1.82) is 0 Å². The third-order valence-corrected chi connectivity index (χ3v) is 4.49. The van der Waals surface area contributed by atoms with E-state index in [9.17, 15) is 4.79 Å². The summed E-state index contributed by atoms with van der Waals surface area (Å²) < 4.78 is 5.39. The minimum Gasteiger partial charge on any atom is -0.378 e. The Labute approximate surface area is 161 Å². The molecular formula is C19H16ClN5O2. The van der Waals surface area contributed by atoms with Gasteiger partial charge in [-0.05, 0) is 24.3 Å². The van der Waals surface area contributed by atoms with Crippen LogP contribution >= 0.6 is 11.6 Å². The second kappa shape index (κ2) is 7.77. The summed E-state index contributed by atoms with van der Waals surface area (Å²) in [7, 11) is 0. The highest BCUT2D eigenvalue weighted by atomic mass is 35.5. The van der Waals surface area contributed by atoms with Crippen LogP contribution in [-0.2, 0) is 4.74 Å². The molecule has 0 spiro atoms. The predicted molar refractivity (Wildman–Crippen MR) is 101 cm³/mol. The van der Waals surface area contributed by atoms with Gasteiger partial charge < -0.3 is 9.64 Å². The van der Waals surface area contributed by atoms with Crippen molar-refractivity contribution in [3.63, 3.8) is 0 Å². The molecule has 0 radical (unpaired) electrons. The standard InChI is InChI=1S/C19H16ClN5O2/c20-15-6-2-1-5-14(15)17-22-18(16(26)13-4-3-7-21-12-13)24-19(23-17)25-8-10-27-11-9-25/h1-7,12H,8-11H2. The molecule has 4 rings (SSSR count). The van der Waals surface area contributed by atoms with Crippen molar-refractivity contribution < 1.29 is 9.53 Å². The topological polar surface area (TPSA) is 81.1 Å². The van der Waals surface area contributed by atoms with E-state index in [1.165, 1.54) is 6.20 Å². The van der Waals surface area contributed by atoms with Crippen molar-refractivity contribution in [2.45, 2.75) is 0 Å². The molecule has 8 heteroatoms. The van der Waals surface area contributed by atoms with E-state index in [2.05, 4.69) is 19.9 Å². The summed E-state index contributed by atoms with van der Waals surface area (Å²) in [6.07, 6.45) is 3.11. The Kier molecular flexibility index (Phi) is 5.04. The number of ketones is 1. The maximum Gasteiger partial charge on any atom is 0.231 e. The predicted octanol–water partition coefficient (Wildman–Crippen LogP) is 2.65. The molecule has 1 aliphatic heterocycles. The van der Waals surface area contributed by atoms with E-state index in [0.29, 0.717) is 54.2 Å². The quantitative estimate of drug-likeness (QED) is 0.642. The highest BCUT2D eigenvalue weighted by molar-refractivity contribution is 6.33. The van der Waals surface area contributed by atoms with Crippen LogP contribution in [0.1, 0.15) is 16.2 Å². The number of morpholine rings is 1. The van der Waals surface area contributed by atoms with Gasteiger partial charge in [0.05, 0.1) is 18.2 Å². The molecule has 0 amide bonds. The van der Waals surface area contributed by atoms with E-state index in [1.807, 2.05) is 23.1 Å². The Bertz CT molecular complexity index is 961. The molecule has 1 saturated heterocycles. The Morgan fingerprint density at radius 3 is 2.59 bits per heavy atom. The van der Waals surface area contributed by atoms with Crippen LogP contribution < -0.4 is 4.90 Å². The number of hydrogen-bond acceptors (Lipinski definition) is 7. The first kappa shape index (κ1) is 17.5. The fourth-order valence-electron chi connectivity index (χ4n) is 2.76. The number of rotatable bonds is 4. The smallest absolute Gasteiger partial charge is 0.231 e. The molecule has 3 aromatic rings. The Morgan fingerprint density at radius 1 is 1.04 bits per heavy atom. The van der Waals surface area contributed by atoms with Crippen LogP contribution in [0.25, 0.3) is 11.4 Å². The number of ether oxygens (including phenoxy) is 1. The number of pyridine rings is 1. The van der Waals surface area contributed by atoms with Crippen LogP contribution in [0.4, 0.5) is 5.95 Å². The van der Waals surface area contributed by atoms with Crippen molar-refractivity contribution in [3.8, 4) is 11.4 Å². The normalized spacial score (nSPS) is 14.2. The van der Waals surface area contributed by atoms with E-state index in [4.69, 9.17) is 16.3 Å². The van der Waals surface area contributed by atoms with Crippen LogP contribution in [0.5, 0.6) is 0 Å². The maximum atomic E-state index is 12.9. The Morgan fingerprint density at radius 2 is 1.85 bits per heavy atom. The molecule has 0 unspecified atom stereocenters. The van der Waals surface area contributed by atoms with Crippen molar-refractivity contribution in [2.75, 3.05) is 31.2 Å². The van der Waals surface area contributed by atoms with Gasteiger partial charge in [0.15, 0.2) is 5.82 Å².